The smallest absolute Gasteiger partial charge is 0.137 e. The lowest BCUT2D eigenvalue weighted by atomic mass is 9.90. The summed E-state index contributed by atoms with van der Waals surface area (Å²) in [5, 5.41) is 1.21. The summed E-state index contributed by atoms with van der Waals surface area (Å²) in [5.74, 6) is 0.620. The molecule has 1 saturated heterocycles. The van der Waals surface area contributed by atoms with Gasteiger partial charge in [-0.25, -0.2) is 15.0 Å². The molecule has 112 valence electrons. The number of H-pyrrole nitrogens is 1. The number of piperidine rings is 1. The van der Waals surface area contributed by atoms with E-state index in [2.05, 4.69) is 37.0 Å². The first-order chi connectivity index (χ1) is 10.9. The second-order valence-electron chi connectivity index (χ2n) is 5.98. The number of nitrogens with one attached hydrogen (secondary N) is 1. The molecule has 0 unspecified atom stereocenters. The maximum atomic E-state index is 4.52. The van der Waals surface area contributed by atoms with Crippen LogP contribution in [0.5, 0.6) is 0 Å². The minimum absolute atomic E-state index is 0.620. The summed E-state index contributed by atoms with van der Waals surface area (Å²) in [6.45, 7) is 3.18. The van der Waals surface area contributed by atoms with Gasteiger partial charge < -0.3 is 4.98 Å². The zero-order chi connectivity index (χ0) is 14.8. The molecule has 0 aliphatic carbocycles. The Bertz CT molecular complexity index is 744. The van der Waals surface area contributed by atoms with Gasteiger partial charge in [0.15, 0.2) is 0 Å². The monoisotopic (exact) mass is 293 g/mol. The topological polar surface area (TPSA) is 57.7 Å². The molecule has 1 aliphatic heterocycles. The maximum absolute atomic E-state index is 4.52. The van der Waals surface area contributed by atoms with E-state index in [0.717, 1.165) is 25.3 Å². The first-order valence-electron chi connectivity index (χ1n) is 7.78. The lowest BCUT2D eigenvalue weighted by Gasteiger charge is -2.31. The molecule has 5 nitrogen and oxygen atoms in total. The number of fused-ring (bicyclic) bond motifs is 1. The Morgan fingerprint density at radius 2 is 1.95 bits per heavy atom. The number of hydrogen-bond donors (Lipinski definition) is 1. The Hall–Kier alpha value is -2.27. The van der Waals surface area contributed by atoms with Crippen LogP contribution in [0.2, 0.25) is 0 Å². The van der Waals surface area contributed by atoms with Crippen LogP contribution in [0.4, 0.5) is 0 Å². The molecule has 1 aliphatic rings. The largest absolute Gasteiger partial charge is 0.346 e. The van der Waals surface area contributed by atoms with Crippen LogP contribution in [0.25, 0.3) is 11.0 Å². The Morgan fingerprint density at radius 1 is 1.14 bits per heavy atom. The molecule has 4 heterocycles. The number of hydrogen-bond acceptors (Lipinski definition) is 4. The summed E-state index contributed by atoms with van der Waals surface area (Å²) in [7, 11) is 0. The van der Waals surface area contributed by atoms with Gasteiger partial charge in [0.2, 0.25) is 0 Å². The van der Waals surface area contributed by atoms with E-state index in [-0.39, 0.29) is 0 Å². The van der Waals surface area contributed by atoms with Gasteiger partial charge in [0.1, 0.15) is 12.0 Å². The number of pyridine rings is 1. The number of rotatable bonds is 3. The molecule has 0 aromatic carbocycles. The van der Waals surface area contributed by atoms with Crippen molar-refractivity contribution in [3.8, 4) is 0 Å². The summed E-state index contributed by atoms with van der Waals surface area (Å²) in [6.07, 6.45) is 11.7. The van der Waals surface area contributed by atoms with Gasteiger partial charge in [-0.2, -0.15) is 0 Å². The van der Waals surface area contributed by atoms with Gasteiger partial charge in [-0.15, -0.1) is 0 Å². The van der Waals surface area contributed by atoms with E-state index < -0.39 is 0 Å². The molecule has 5 heteroatoms. The zero-order valence-corrected chi connectivity index (χ0v) is 12.4. The molecule has 0 radical (unpaired) electrons. The molecule has 0 atom stereocenters. The van der Waals surface area contributed by atoms with Gasteiger partial charge in [0.25, 0.3) is 0 Å². The van der Waals surface area contributed by atoms with Crippen molar-refractivity contribution in [1.29, 1.82) is 0 Å². The second-order valence-corrected chi connectivity index (χ2v) is 5.98. The fraction of sp³-hybridized carbons (Fsp3) is 0.353. The van der Waals surface area contributed by atoms with Crippen molar-refractivity contribution >= 4 is 11.0 Å². The highest BCUT2D eigenvalue weighted by molar-refractivity contribution is 5.75. The highest BCUT2D eigenvalue weighted by atomic mass is 15.1. The molecule has 3 aromatic heterocycles. The zero-order valence-electron chi connectivity index (χ0n) is 12.4. The minimum atomic E-state index is 0.620. The van der Waals surface area contributed by atoms with Gasteiger partial charge in [0, 0.05) is 42.3 Å². The van der Waals surface area contributed by atoms with Crippen LogP contribution in [0.1, 0.15) is 29.9 Å². The average molecular weight is 293 g/mol. The summed E-state index contributed by atoms with van der Waals surface area (Å²) < 4.78 is 0. The standard InChI is InChI=1S/C17H19N5/c1-4-20-17-15(1)7-16(10-21-17)14-2-5-22(6-3-14)11-13-8-18-12-19-9-13/h1,4,7-10,12,14H,2-3,5-6,11H2,(H,20,21). The molecule has 0 saturated carbocycles. The molecule has 4 rings (SSSR count). The molecule has 0 spiro atoms. The van der Waals surface area contributed by atoms with Gasteiger partial charge in [-0.3, -0.25) is 4.90 Å². The van der Waals surface area contributed by atoms with E-state index >= 15 is 0 Å². The normalized spacial score (nSPS) is 17.1. The van der Waals surface area contributed by atoms with E-state index in [1.54, 1.807) is 6.33 Å². The van der Waals surface area contributed by atoms with Crippen LogP contribution in [-0.2, 0) is 6.54 Å². The quantitative estimate of drug-likeness (QED) is 0.806. The molecule has 0 amide bonds. The van der Waals surface area contributed by atoms with Crippen LogP contribution in [-0.4, -0.2) is 37.9 Å². The van der Waals surface area contributed by atoms with Crippen molar-refractivity contribution in [3.63, 3.8) is 0 Å². The van der Waals surface area contributed by atoms with Crippen molar-refractivity contribution in [1.82, 2.24) is 24.8 Å². The highest BCUT2D eigenvalue weighted by Gasteiger charge is 2.21. The van der Waals surface area contributed by atoms with E-state index in [0.29, 0.717) is 5.92 Å². The minimum Gasteiger partial charge on any atom is -0.346 e. The molecular formula is C17H19N5. The van der Waals surface area contributed by atoms with Gasteiger partial charge in [-0.05, 0) is 49.5 Å². The number of aromatic amines is 1. The average Bonchev–Trinajstić information content (AvgIpc) is 3.04. The predicted octanol–water partition coefficient (Wildman–Crippen LogP) is 2.73. The van der Waals surface area contributed by atoms with E-state index in [9.17, 15) is 0 Å². The molecule has 1 N–H and O–H groups in total. The Morgan fingerprint density at radius 3 is 2.77 bits per heavy atom. The van der Waals surface area contributed by atoms with Crippen molar-refractivity contribution in [3.05, 3.63) is 54.4 Å². The van der Waals surface area contributed by atoms with Crippen molar-refractivity contribution < 1.29 is 0 Å². The van der Waals surface area contributed by atoms with Crippen molar-refractivity contribution in [2.45, 2.75) is 25.3 Å². The Kier molecular flexibility index (Phi) is 3.56. The van der Waals surface area contributed by atoms with Crippen LogP contribution >= 0.6 is 0 Å². The fourth-order valence-corrected chi connectivity index (χ4v) is 3.27. The van der Waals surface area contributed by atoms with Crippen molar-refractivity contribution in [2.24, 2.45) is 0 Å². The fourth-order valence-electron chi connectivity index (χ4n) is 3.27. The predicted molar refractivity (Wildman–Crippen MR) is 85.4 cm³/mol. The van der Waals surface area contributed by atoms with E-state index in [1.165, 1.54) is 29.4 Å². The summed E-state index contributed by atoms with van der Waals surface area (Å²) in [5.41, 5.74) is 3.54. The van der Waals surface area contributed by atoms with Crippen molar-refractivity contribution in [2.75, 3.05) is 13.1 Å². The SMILES string of the molecule is c1ncc(CN2CCC(c3cnc4[nH]ccc4c3)CC2)cn1. The van der Waals surface area contributed by atoms with Crippen LogP contribution in [0.3, 0.4) is 0 Å². The molecule has 22 heavy (non-hydrogen) atoms. The number of nitrogens with zero attached hydrogens (tertiary/aromatic N) is 4. The van der Waals surface area contributed by atoms with Crippen LogP contribution in [0.15, 0.2) is 43.2 Å². The Labute approximate surface area is 129 Å². The lowest BCUT2D eigenvalue weighted by Crippen LogP contribution is -2.32. The maximum Gasteiger partial charge on any atom is 0.137 e. The van der Waals surface area contributed by atoms with Crippen LogP contribution < -0.4 is 0 Å². The molecule has 3 aromatic rings. The van der Waals surface area contributed by atoms with Gasteiger partial charge >= 0.3 is 0 Å². The Balaban J connectivity index is 1.41. The summed E-state index contributed by atoms with van der Waals surface area (Å²) >= 11 is 0. The first-order valence-corrected chi connectivity index (χ1v) is 7.78. The highest BCUT2D eigenvalue weighted by Crippen LogP contribution is 2.29. The summed E-state index contributed by atoms with van der Waals surface area (Å²) in [6, 6.07) is 4.38. The van der Waals surface area contributed by atoms with Gasteiger partial charge in [-0.1, -0.05) is 0 Å². The molecule has 1 fully saturated rings. The molecule has 0 bridgehead atoms. The number of likely N-dealkylation sites (tertiary alicyclic amines) is 1. The third-order valence-corrected chi connectivity index (χ3v) is 4.50. The van der Waals surface area contributed by atoms with E-state index in [4.69, 9.17) is 0 Å². The van der Waals surface area contributed by atoms with Gasteiger partial charge in [0.05, 0.1) is 0 Å². The van der Waals surface area contributed by atoms with E-state index in [1.807, 2.05) is 24.8 Å². The third-order valence-electron chi connectivity index (χ3n) is 4.50. The summed E-state index contributed by atoms with van der Waals surface area (Å²) in [4.78, 5) is 18.3. The second kappa shape index (κ2) is 5.85. The van der Waals surface area contributed by atoms with Crippen LogP contribution in [0, 0.1) is 0 Å². The molecular weight excluding hydrogens is 274 g/mol. The number of aromatic nitrogens is 4. The first kappa shape index (κ1) is 13.4. The third kappa shape index (κ3) is 2.72. The lowest BCUT2D eigenvalue weighted by molar-refractivity contribution is 0.204.